The Morgan fingerprint density at radius 2 is 0.699 bits per heavy atom. The van der Waals surface area contributed by atoms with Gasteiger partial charge in [0.05, 0.1) is 22.1 Å². The maximum Gasteiger partial charge on any atom is 0.238 e. The molecule has 5 nitrogen and oxygen atoms in total. The molecule has 3 heterocycles. The van der Waals surface area contributed by atoms with Crippen molar-refractivity contribution in [3.8, 4) is 67.8 Å². The van der Waals surface area contributed by atoms with Gasteiger partial charge in [0, 0.05) is 44.3 Å². The number of hydrogen-bond acceptors (Lipinski definition) is 3. The summed E-state index contributed by atoms with van der Waals surface area (Å²) in [5.41, 5.74) is 18.4. The summed E-state index contributed by atoms with van der Waals surface area (Å²) in [5, 5.41) is 17.3. The van der Waals surface area contributed by atoms with Crippen molar-refractivity contribution in [2.45, 2.75) is 18.8 Å². The molecule has 2 unspecified atom stereocenters. The normalized spacial score (nSPS) is 14.0. The number of aromatic nitrogens is 5. The molecule has 0 N–H and O–H groups in total. The van der Waals surface area contributed by atoms with E-state index in [9.17, 15) is 0 Å². The van der Waals surface area contributed by atoms with Gasteiger partial charge in [0.2, 0.25) is 5.95 Å². The molecule has 3 aromatic heterocycles. The first-order valence-electron chi connectivity index (χ1n) is 32.2. The molecular weight excluding hydrogens is 1130 g/mol. The van der Waals surface area contributed by atoms with Crippen LogP contribution in [-0.4, -0.2) is 24.1 Å². The van der Waals surface area contributed by atoms with Crippen LogP contribution in [0.1, 0.15) is 35.4 Å². The van der Waals surface area contributed by atoms with Crippen molar-refractivity contribution in [2.24, 2.45) is 0 Å². The second kappa shape index (κ2) is 21.0. The molecule has 1 aliphatic carbocycles. The number of rotatable bonds is 8. The van der Waals surface area contributed by atoms with Crippen LogP contribution in [0.3, 0.4) is 0 Å². The van der Waals surface area contributed by atoms with Crippen LogP contribution >= 0.6 is 0 Å². The van der Waals surface area contributed by atoms with Crippen molar-refractivity contribution >= 4 is 104 Å². The van der Waals surface area contributed by atoms with E-state index in [1.807, 2.05) is 36.4 Å². The van der Waals surface area contributed by atoms with Crippen LogP contribution in [0, 0.1) is 0 Å². The largest absolute Gasteiger partial charge is 0.307 e. The van der Waals surface area contributed by atoms with E-state index in [0.717, 1.165) is 71.6 Å². The highest BCUT2D eigenvalue weighted by Crippen LogP contribution is 2.49. The van der Waals surface area contributed by atoms with Gasteiger partial charge in [-0.3, -0.25) is 4.57 Å². The van der Waals surface area contributed by atoms with Crippen molar-refractivity contribution in [1.82, 2.24) is 24.1 Å². The molecule has 1 aliphatic rings. The van der Waals surface area contributed by atoms with Crippen LogP contribution in [0.25, 0.3) is 171 Å². The fourth-order valence-electron chi connectivity index (χ4n) is 15.6. The van der Waals surface area contributed by atoms with Crippen LogP contribution in [0.5, 0.6) is 0 Å². The molecule has 5 heteroatoms. The fourth-order valence-corrected chi connectivity index (χ4v) is 15.6. The summed E-state index contributed by atoms with van der Waals surface area (Å²) in [6.45, 7) is 2.42. The van der Waals surface area contributed by atoms with E-state index in [1.165, 1.54) is 92.8 Å². The SMILES string of the molecule is CC1c2c(c3ccccc3c3ccccc23)C=CC1c1cccc(-c2cccc(-c3ccc4c(c3)c3ccccc3c3ccc(-c5ccc6c7ccc8c9ccccc9n(-c9nc(-c%10ccccc%10)nc(-c%10ccccc%10)n9)c8c7n(-c7ccccc7)c6c5)cc34)c2)c1. The predicted octanol–water partition coefficient (Wildman–Crippen LogP) is 23.1. The molecule has 19 rings (SSSR count). The van der Waals surface area contributed by atoms with E-state index < -0.39 is 0 Å². The first kappa shape index (κ1) is 52.8. The van der Waals surface area contributed by atoms with Gasteiger partial charge in [-0.25, -0.2) is 4.98 Å². The quantitative estimate of drug-likeness (QED) is 0.142. The maximum absolute atomic E-state index is 5.35. The van der Waals surface area contributed by atoms with Crippen molar-refractivity contribution in [1.29, 1.82) is 0 Å². The summed E-state index contributed by atoms with van der Waals surface area (Å²) in [6.07, 6.45) is 4.84. The predicted molar refractivity (Wildman–Crippen MR) is 390 cm³/mol. The second-order valence-corrected chi connectivity index (χ2v) is 25.0. The average molecular weight is 1180 g/mol. The van der Waals surface area contributed by atoms with Gasteiger partial charge >= 0.3 is 0 Å². The lowest BCUT2D eigenvalue weighted by Crippen LogP contribution is -2.12. The van der Waals surface area contributed by atoms with E-state index in [2.05, 4.69) is 295 Å². The lowest BCUT2D eigenvalue weighted by atomic mass is 9.73. The number of benzene rings is 15. The Labute approximate surface area is 537 Å². The first-order chi connectivity index (χ1) is 46.0. The zero-order valence-corrected chi connectivity index (χ0v) is 50.9. The fraction of sp³-hybridized carbons (Fsp3) is 0.0341. The Morgan fingerprint density at radius 3 is 1.33 bits per heavy atom. The third-order valence-electron chi connectivity index (χ3n) is 19.9. The number of fused-ring (bicyclic) bond motifs is 19. The molecule has 0 aliphatic heterocycles. The Hall–Kier alpha value is -12.1. The molecule has 93 heavy (non-hydrogen) atoms. The van der Waals surface area contributed by atoms with Crippen LogP contribution in [-0.2, 0) is 0 Å². The maximum atomic E-state index is 5.35. The number of nitrogens with zero attached hydrogens (tertiary/aromatic N) is 5. The zero-order valence-electron chi connectivity index (χ0n) is 50.9. The van der Waals surface area contributed by atoms with E-state index in [1.54, 1.807) is 0 Å². The summed E-state index contributed by atoms with van der Waals surface area (Å²) in [6, 6.07) is 111. The highest BCUT2D eigenvalue weighted by atomic mass is 15.2. The number of hydrogen-bond donors (Lipinski definition) is 0. The van der Waals surface area contributed by atoms with E-state index in [-0.39, 0.29) is 5.92 Å². The smallest absolute Gasteiger partial charge is 0.238 e. The Kier molecular flexibility index (Phi) is 11.9. The standard InChI is InChI=1S/C88H57N5/c1-54-65(45-46-76-69-34-13-11-31-66(69)68-33-15-16-37-75(68)83(54)76)63-28-20-27-59(50-63)57-25-19-26-58(49-57)60-40-43-72-79(51-60)70-35-14-12-32-67(70)71-42-39-61(52-80(71)72)62-41-44-74-78-48-47-77-73-36-17-18-38-81(73)93(85(77)84(78)92(82(74)53-62)64-29-9-4-10-30-64)88-90-86(55-21-5-2-6-22-55)89-87(91-88)56-23-7-3-8-24-56/h2-54,65H,1H3. The topological polar surface area (TPSA) is 48.5 Å². The monoisotopic (exact) mass is 1180 g/mol. The molecule has 0 saturated carbocycles. The second-order valence-electron chi connectivity index (χ2n) is 25.0. The van der Waals surface area contributed by atoms with Crippen molar-refractivity contribution in [3.63, 3.8) is 0 Å². The molecule has 0 spiro atoms. The summed E-state index contributed by atoms with van der Waals surface area (Å²) < 4.78 is 4.72. The van der Waals surface area contributed by atoms with E-state index in [0.29, 0.717) is 23.5 Å². The van der Waals surface area contributed by atoms with Gasteiger partial charge in [-0.15, -0.1) is 0 Å². The molecule has 15 aromatic carbocycles. The Bertz CT molecular complexity index is 6080. The summed E-state index contributed by atoms with van der Waals surface area (Å²) in [5.74, 6) is 2.32. The third kappa shape index (κ3) is 8.37. The van der Waals surface area contributed by atoms with Gasteiger partial charge in [0.1, 0.15) is 0 Å². The Balaban J connectivity index is 0.733. The molecule has 434 valence electrons. The van der Waals surface area contributed by atoms with Crippen molar-refractivity contribution < 1.29 is 0 Å². The Morgan fingerprint density at radius 1 is 0.280 bits per heavy atom. The van der Waals surface area contributed by atoms with Gasteiger partial charge in [0.15, 0.2) is 11.6 Å². The third-order valence-corrected chi connectivity index (χ3v) is 19.9. The van der Waals surface area contributed by atoms with Crippen LogP contribution in [0.4, 0.5) is 0 Å². The van der Waals surface area contributed by atoms with Gasteiger partial charge in [-0.1, -0.05) is 280 Å². The lowest BCUT2D eigenvalue weighted by Gasteiger charge is -2.30. The summed E-state index contributed by atoms with van der Waals surface area (Å²) in [4.78, 5) is 15.8. The van der Waals surface area contributed by atoms with Gasteiger partial charge in [0.25, 0.3) is 0 Å². The zero-order chi connectivity index (χ0) is 61.3. The van der Waals surface area contributed by atoms with Gasteiger partial charge in [-0.05, 0) is 152 Å². The highest BCUT2D eigenvalue weighted by molar-refractivity contribution is 6.27. The lowest BCUT2D eigenvalue weighted by molar-refractivity contribution is 0.676. The summed E-state index contributed by atoms with van der Waals surface area (Å²) in [7, 11) is 0. The van der Waals surface area contributed by atoms with Gasteiger partial charge < -0.3 is 4.57 Å². The van der Waals surface area contributed by atoms with Crippen LogP contribution in [0.2, 0.25) is 0 Å². The minimum absolute atomic E-state index is 0.239. The van der Waals surface area contributed by atoms with Gasteiger partial charge in [-0.2, -0.15) is 9.97 Å². The minimum Gasteiger partial charge on any atom is -0.307 e. The molecule has 0 radical (unpaired) electrons. The number of para-hydroxylation sites is 2. The van der Waals surface area contributed by atoms with Crippen LogP contribution < -0.4 is 0 Å². The molecule has 0 bridgehead atoms. The average Bonchev–Trinajstić information content (AvgIpc) is 1.61. The molecule has 2 atom stereocenters. The minimum atomic E-state index is 0.239. The molecular formula is C88H57N5. The van der Waals surface area contributed by atoms with Crippen molar-refractivity contribution in [2.75, 3.05) is 0 Å². The first-order valence-corrected chi connectivity index (χ1v) is 32.2. The molecule has 0 fully saturated rings. The highest BCUT2D eigenvalue weighted by Gasteiger charge is 2.29. The molecule has 18 aromatic rings. The molecule has 0 amide bonds. The molecule has 0 saturated heterocycles. The van der Waals surface area contributed by atoms with Crippen LogP contribution in [0.15, 0.2) is 309 Å². The summed E-state index contributed by atoms with van der Waals surface area (Å²) >= 11 is 0. The van der Waals surface area contributed by atoms with E-state index >= 15 is 0 Å². The number of allylic oxidation sites excluding steroid dienone is 1. The van der Waals surface area contributed by atoms with E-state index in [4.69, 9.17) is 15.0 Å². The van der Waals surface area contributed by atoms with Crippen molar-refractivity contribution in [3.05, 3.63) is 326 Å².